The Labute approximate surface area is 151 Å². The fraction of sp³-hybridized carbons (Fsp3) is 0.833. The number of amides is 2. The van der Waals surface area contributed by atoms with Gasteiger partial charge in [0.2, 0.25) is 11.8 Å². The van der Waals surface area contributed by atoms with E-state index in [1.54, 1.807) is 0 Å². The van der Waals surface area contributed by atoms with Crippen molar-refractivity contribution in [2.75, 3.05) is 45.8 Å². The molecule has 1 unspecified atom stereocenters. The van der Waals surface area contributed by atoms with Crippen molar-refractivity contribution in [1.29, 1.82) is 0 Å². The minimum absolute atomic E-state index is 0.0563. The zero-order valence-corrected chi connectivity index (χ0v) is 16.0. The maximum Gasteiger partial charge on any atom is 0.229 e. The molecule has 0 aromatic heterocycles. The van der Waals surface area contributed by atoms with Gasteiger partial charge in [-0.1, -0.05) is 13.8 Å². The minimum atomic E-state index is -0.0563. The Kier molecular flexibility index (Phi) is 7.68. The lowest BCUT2D eigenvalue weighted by Gasteiger charge is -2.27. The summed E-state index contributed by atoms with van der Waals surface area (Å²) in [6, 6.07) is 0.573. The second-order valence-corrected chi connectivity index (χ2v) is 6.64. The van der Waals surface area contributed by atoms with Crippen molar-refractivity contribution in [2.45, 2.75) is 52.5 Å². The first-order chi connectivity index (χ1) is 12.1. The Bertz CT molecular complexity index is 474. The van der Waals surface area contributed by atoms with E-state index in [0.29, 0.717) is 38.4 Å². The molecule has 2 heterocycles. The average Bonchev–Trinajstić information content (AvgIpc) is 3.07. The van der Waals surface area contributed by atoms with Crippen molar-refractivity contribution in [3.05, 3.63) is 0 Å². The first kappa shape index (κ1) is 19.7. The number of nitrogens with one attached hydrogen (secondary N) is 1. The Hall–Kier alpha value is -1.63. The average molecular weight is 351 g/mol. The van der Waals surface area contributed by atoms with Gasteiger partial charge < -0.3 is 10.2 Å². The van der Waals surface area contributed by atoms with E-state index >= 15 is 0 Å². The normalized spacial score (nSPS) is 22.2. The van der Waals surface area contributed by atoms with Gasteiger partial charge >= 0.3 is 0 Å². The van der Waals surface area contributed by atoms with Gasteiger partial charge in [0.05, 0.1) is 6.54 Å². The van der Waals surface area contributed by atoms with Crippen LogP contribution in [0.1, 0.15) is 46.5 Å². The van der Waals surface area contributed by atoms with Crippen LogP contribution in [0.25, 0.3) is 0 Å². The van der Waals surface area contributed by atoms with Crippen LogP contribution in [0, 0.1) is 0 Å². The SMILES string of the molecule is CCNC(=NCCN1C(=O)CCCC1=O)N1CCC(N(CC)CC)C1. The predicted octanol–water partition coefficient (Wildman–Crippen LogP) is 0.907. The predicted molar refractivity (Wildman–Crippen MR) is 99.4 cm³/mol. The van der Waals surface area contributed by atoms with Crippen molar-refractivity contribution in [2.24, 2.45) is 4.99 Å². The first-order valence-corrected chi connectivity index (χ1v) is 9.71. The zero-order valence-electron chi connectivity index (χ0n) is 16.0. The number of rotatable bonds is 7. The number of carbonyl (C=O) groups is 2. The lowest BCUT2D eigenvalue weighted by Crippen LogP contribution is -2.44. The number of likely N-dealkylation sites (N-methyl/N-ethyl adjacent to an activating group) is 1. The molecule has 1 atom stereocenters. The van der Waals surface area contributed by atoms with Crippen LogP contribution < -0.4 is 5.32 Å². The second-order valence-electron chi connectivity index (χ2n) is 6.64. The highest BCUT2D eigenvalue weighted by molar-refractivity contribution is 5.97. The maximum atomic E-state index is 11.9. The zero-order chi connectivity index (χ0) is 18.2. The Morgan fingerprint density at radius 1 is 1.20 bits per heavy atom. The number of hydrogen-bond acceptors (Lipinski definition) is 4. The third kappa shape index (κ3) is 5.17. The van der Waals surface area contributed by atoms with Crippen LogP contribution in [0.15, 0.2) is 4.99 Å². The molecular weight excluding hydrogens is 318 g/mol. The van der Waals surface area contributed by atoms with Crippen molar-refractivity contribution >= 4 is 17.8 Å². The van der Waals surface area contributed by atoms with Crippen LogP contribution in [-0.4, -0.2) is 84.3 Å². The number of hydrogen-bond donors (Lipinski definition) is 1. The monoisotopic (exact) mass is 351 g/mol. The summed E-state index contributed by atoms with van der Waals surface area (Å²) in [5.74, 6) is 0.785. The smallest absolute Gasteiger partial charge is 0.229 e. The highest BCUT2D eigenvalue weighted by Crippen LogP contribution is 2.16. The molecule has 2 fully saturated rings. The number of likely N-dealkylation sites (tertiary alicyclic amines) is 2. The molecule has 0 aromatic rings. The van der Waals surface area contributed by atoms with Gasteiger partial charge in [-0.05, 0) is 32.9 Å². The number of aliphatic imine (C=N–C) groups is 1. The van der Waals surface area contributed by atoms with Crippen molar-refractivity contribution in [3.63, 3.8) is 0 Å². The number of nitrogens with zero attached hydrogens (tertiary/aromatic N) is 4. The molecule has 2 aliphatic heterocycles. The molecule has 0 aliphatic carbocycles. The van der Waals surface area contributed by atoms with Crippen LogP contribution in [0.3, 0.4) is 0 Å². The molecule has 7 heteroatoms. The van der Waals surface area contributed by atoms with Crippen molar-refractivity contribution in [3.8, 4) is 0 Å². The molecule has 0 spiro atoms. The van der Waals surface area contributed by atoms with E-state index < -0.39 is 0 Å². The van der Waals surface area contributed by atoms with Crippen molar-refractivity contribution < 1.29 is 9.59 Å². The van der Waals surface area contributed by atoms with E-state index in [4.69, 9.17) is 0 Å². The summed E-state index contributed by atoms with van der Waals surface area (Å²) >= 11 is 0. The number of carbonyl (C=O) groups excluding carboxylic acids is 2. The summed E-state index contributed by atoms with van der Waals surface area (Å²) in [4.78, 5) is 34.6. The van der Waals surface area contributed by atoms with Crippen LogP contribution in [0.4, 0.5) is 0 Å². The highest BCUT2D eigenvalue weighted by atomic mass is 16.2. The largest absolute Gasteiger partial charge is 0.357 e. The van der Waals surface area contributed by atoms with Gasteiger partial charge in [-0.3, -0.25) is 24.4 Å². The van der Waals surface area contributed by atoms with E-state index in [-0.39, 0.29) is 11.8 Å². The molecule has 0 radical (unpaired) electrons. The van der Waals surface area contributed by atoms with Gasteiger partial charge in [-0.25, -0.2) is 0 Å². The minimum Gasteiger partial charge on any atom is -0.357 e. The summed E-state index contributed by atoms with van der Waals surface area (Å²) in [7, 11) is 0. The molecule has 25 heavy (non-hydrogen) atoms. The highest BCUT2D eigenvalue weighted by Gasteiger charge is 2.28. The second kappa shape index (κ2) is 9.75. The Balaban J connectivity index is 1.92. The lowest BCUT2D eigenvalue weighted by atomic mass is 10.1. The summed E-state index contributed by atoms with van der Waals surface area (Å²) in [6.45, 7) is 12.3. The van der Waals surface area contributed by atoms with Crippen molar-refractivity contribution in [1.82, 2.24) is 20.0 Å². The number of piperidine rings is 1. The number of imide groups is 1. The van der Waals surface area contributed by atoms with E-state index in [1.807, 2.05) is 0 Å². The van der Waals surface area contributed by atoms with Crippen LogP contribution >= 0.6 is 0 Å². The molecule has 2 aliphatic rings. The summed E-state index contributed by atoms with van der Waals surface area (Å²) in [5, 5.41) is 3.35. The van der Waals surface area contributed by atoms with Gasteiger partial charge in [0.1, 0.15) is 0 Å². The maximum absolute atomic E-state index is 11.9. The Morgan fingerprint density at radius 3 is 2.48 bits per heavy atom. The molecule has 0 aromatic carbocycles. The molecule has 1 N–H and O–H groups in total. The quantitative estimate of drug-likeness (QED) is 0.419. The van der Waals surface area contributed by atoms with Gasteiger partial charge in [-0.15, -0.1) is 0 Å². The van der Waals surface area contributed by atoms with Gasteiger partial charge in [-0.2, -0.15) is 0 Å². The van der Waals surface area contributed by atoms with Crippen LogP contribution in [0.2, 0.25) is 0 Å². The molecule has 2 saturated heterocycles. The van der Waals surface area contributed by atoms with E-state index in [9.17, 15) is 9.59 Å². The lowest BCUT2D eigenvalue weighted by molar-refractivity contribution is -0.147. The van der Waals surface area contributed by atoms with E-state index in [1.165, 1.54) is 4.90 Å². The molecular formula is C18H33N5O2. The van der Waals surface area contributed by atoms with E-state index in [0.717, 1.165) is 45.1 Å². The van der Waals surface area contributed by atoms with Gasteiger partial charge in [0.25, 0.3) is 0 Å². The third-order valence-electron chi connectivity index (χ3n) is 5.10. The van der Waals surface area contributed by atoms with Gasteiger partial charge in [0.15, 0.2) is 5.96 Å². The molecule has 7 nitrogen and oxygen atoms in total. The molecule has 2 amide bonds. The fourth-order valence-corrected chi connectivity index (χ4v) is 3.70. The molecule has 142 valence electrons. The summed E-state index contributed by atoms with van der Waals surface area (Å²) in [5.41, 5.74) is 0. The first-order valence-electron chi connectivity index (χ1n) is 9.71. The Morgan fingerprint density at radius 2 is 1.88 bits per heavy atom. The summed E-state index contributed by atoms with van der Waals surface area (Å²) in [6.07, 6.45) is 2.79. The molecule has 0 bridgehead atoms. The fourth-order valence-electron chi connectivity index (χ4n) is 3.70. The molecule has 2 rings (SSSR count). The standard InChI is InChI=1S/C18H33N5O2/c1-4-19-18(22-12-10-15(14-22)21(5-2)6-3)20-11-13-23-16(24)8-7-9-17(23)25/h15H,4-14H2,1-3H3,(H,19,20). The van der Waals surface area contributed by atoms with E-state index in [2.05, 4.69) is 40.9 Å². The van der Waals surface area contributed by atoms with Crippen LogP contribution in [-0.2, 0) is 9.59 Å². The number of guanidine groups is 1. The third-order valence-corrected chi connectivity index (χ3v) is 5.10. The van der Waals surface area contributed by atoms with Crippen LogP contribution in [0.5, 0.6) is 0 Å². The topological polar surface area (TPSA) is 68.2 Å². The summed E-state index contributed by atoms with van der Waals surface area (Å²) < 4.78 is 0. The van der Waals surface area contributed by atoms with Gasteiger partial charge in [0, 0.05) is 45.1 Å². The molecule has 0 saturated carbocycles.